The number of alkyl halides is 4. The van der Waals surface area contributed by atoms with Crippen LogP contribution in [0.1, 0.15) is 11.1 Å². The van der Waals surface area contributed by atoms with Gasteiger partial charge in [0, 0.05) is 12.0 Å². The third-order valence-corrected chi connectivity index (χ3v) is 2.35. The Bertz CT molecular complexity index is 416. The van der Waals surface area contributed by atoms with Gasteiger partial charge in [0.2, 0.25) is 0 Å². The quantitative estimate of drug-likeness (QED) is 0.782. The number of Topliss-reactive ketones (excluding diaryl/α,β-unsaturated/α-hetero) is 1. The van der Waals surface area contributed by atoms with Crippen molar-refractivity contribution in [2.24, 2.45) is 0 Å². The number of hydrogen-bond donors (Lipinski definition) is 0. The van der Waals surface area contributed by atoms with Crippen molar-refractivity contribution in [2.45, 2.75) is 19.7 Å². The number of halogens is 4. The average Bonchev–Trinajstić information content (AvgIpc) is 2.21. The second kappa shape index (κ2) is 5.40. The highest BCUT2D eigenvalue weighted by Gasteiger charge is 2.32. The number of rotatable bonds is 4. The van der Waals surface area contributed by atoms with E-state index in [0.717, 1.165) is 0 Å². The number of aryl methyl sites for hydroxylation is 1. The molecule has 0 heterocycles. The molecule has 6 heteroatoms. The van der Waals surface area contributed by atoms with Gasteiger partial charge in [-0.05, 0) is 12.5 Å². The second-order valence-corrected chi connectivity index (χ2v) is 3.73. The molecule has 0 aliphatic rings. The first-order valence-electron chi connectivity index (χ1n) is 4.75. The van der Waals surface area contributed by atoms with Crippen LogP contribution >= 0.6 is 11.6 Å². The summed E-state index contributed by atoms with van der Waals surface area (Å²) in [4.78, 5) is 11.1. The van der Waals surface area contributed by atoms with E-state index >= 15 is 0 Å². The molecule has 0 saturated carbocycles. The first-order valence-corrected chi connectivity index (χ1v) is 5.29. The van der Waals surface area contributed by atoms with Crippen LogP contribution in [0.15, 0.2) is 18.2 Å². The van der Waals surface area contributed by atoms with Gasteiger partial charge in [-0.1, -0.05) is 18.2 Å². The molecular weight excluding hydrogens is 257 g/mol. The van der Waals surface area contributed by atoms with Crippen molar-refractivity contribution in [1.82, 2.24) is 0 Å². The van der Waals surface area contributed by atoms with E-state index in [-0.39, 0.29) is 29.4 Å². The molecule has 17 heavy (non-hydrogen) atoms. The van der Waals surface area contributed by atoms with Crippen LogP contribution in [0.25, 0.3) is 0 Å². The summed E-state index contributed by atoms with van der Waals surface area (Å²) in [6.45, 7) is 1.48. The summed E-state index contributed by atoms with van der Waals surface area (Å²) in [5.41, 5.74) is 0.509. The number of para-hydroxylation sites is 1. The normalized spacial score (nSPS) is 11.4. The topological polar surface area (TPSA) is 26.3 Å². The van der Waals surface area contributed by atoms with Crippen LogP contribution in [0.5, 0.6) is 5.75 Å². The maximum atomic E-state index is 12.2. The molecule has 1 rings (SSSR count). The van der Waals surface area contributed by atoms with Crippen LogP contribution < -0.4 is 4.74 Å². The van der Waals surface area contributed by atoms with Crippen molar-refractivity contribution in [3.8, 4) is 5.75 Å². The summed E-state index contributed by atoms with van der Waals surface area (Å²) in [7, 11) is 0. The fourth-order valence-electron chi connectivity index (χ4n) is 1.37. The van der Waals surface area contributed by atoms with E-state index in [1.54, 1.807) is 6.07 Å². The first-order chi connectivity index (χ1) is 7.83. The summed E-state index contributed by atoms with van der Waals surface area (Å²) in [5, 5.41) is 0. The van der Waals surface area contributed by atoms with Crippen LogP contribution in [0.2, 0.25) is 0 Å². The molecule has 0 atom stereocenters. The minimum atomic E-state index is -4.77. The summed E-state index contributed by atoms with van der Waals surface area (Å²) < 4.78 is 40.5. The Morgan fingerprint density at radius 1 is 1.41 bits per heavy atom. The Morgan fingerprint density at radius 2 is 2.06 bits per heavy atom. The van der Waals surface area contributed by atoms with Crippen LogP contribution in [-0.2, 0) is 11.2 Å². The molecule has 94 valence electrons. The zero-order chi connectivity index (χ0) is 13.1. The Morgan fingerprint density at radius 3 is 2.59 bits per heavy atom. The van der Waals surface area contributed by atoms with Gasteiger partial charge in [0.25, 0.3) is 0 Å². The minimum absolute atomic E-state index is 0.170. The number of benzene rings is 1. The predicted octanol–water partition coefficient (Wildman–Crippen LogP) is 3.24. The molecule has 0 N–H and O–H groups in total. The monoisotopic (exact) mass is 266 g/mol. The van der Waals surface area contributed by atoms with Crippen molar-refractivity contribution < 1.29 is 22.7 Å². The lowest BCUT2D eigenvalue weighted by molar-refractivity contribution is -0.275. The lowest BCUT2D eigenvalue weighted by Gasteiger charge is -2.15. The Hall–Kier alpha value is -1.23. The van der Waals surface area contributed by atoms with Gasteiger partial charge in [-0.3, -0.25) is 4.79 Å². The largest absolute Gasteiger partial charge is 0.573 e. The highest BCUT2D eigenvalue weighted by molar-refractivity contribution is 6.27. The van der Waals surface area contributed by atoms with Gasteiger partial charge >= 0.3 is 6.36 Å². The lowest BCUT2D eigenvalue weighted by atomic mass is 10.1. The van der Waals surface area contributed by atoms with Crippen LogP contribution in [0.3, 0.4) is 0 Å². The van der Waals surface area contributed by atoms with Crippen LogP contribution in [0.4, 0.5) is 13.2 Å². The molecule has 0 saturated heterocycles. The van der Waals surface area contributed by atoms with E-state index in [4.69, 9.17) is 11.6 Å². The average molecular weight is 267 g/mol. The molecule has 0 amide bonds. The maximum absolute atomic E-state index is 12.2. The smallest absolute Gasteiger partial charge is 0.405 e. The Kier molecular flexibility index (Phi) is 4.40. The zero-order valence-electron chi connectivity index (χ0n) is 8.97. The minimum Gasteiger partial charge on any atom is -0.405 e. The van der Waals surface area contributed by atoms with Gasteiger partial charge in [0.05, 0.1) is 5.88 Å². The van der Waals surface area contributed by atoms with Gasteiger partial charge in [0.1, 0.15) is 5.75 Å². The molecular formula is C11H10ClF3O2. The second-order valence-electron chi connectivity index (χ2n) is 3.46. The van der Waals surface area contributed by atoms with Crippen molar-refractivity contribution in [1.29, 1.82) is 0 Å². The van der Waals surface area contributed by atoms with E-state index in [1.165, 1.54) is 19.1 Å². The number of carbonyl (C=O) groups excluding carboxylic acids is 1. The van der Waals surface area contributed by atoms with Crippen LogP contribution in [0, 0.1) is 6.92 Å². The number of carbonyl (C=O) groups is 1. The van der Waals surface area contributed by atoms with E-state index in [1.807, 2.05) is 0 Å². The van der Waals surface area contributed by atoms with Crippen molar-refractivity contribution in [3.63, 3.8) is 0 Å². The molecule has 2 nitrogen and oxygen atoms in total. The predicted molar refractivity (Wildman–Crippen MR) is 57.3 cm³/mol. The third-order valence-electron chi connectivity index (χ3n) is 2.05. The van der Waals surface area contributed by atoms with E-state index in [0.29, 0.717) is 5.56 Å². The summed E-state index contributed by atoms with van der Waals surface area (Å²) in [6, 6.07) is 4.46. The Labute approximate surface area is 101 Å². The fourth-order valence-corrected chi connectivity index (χ4v) is 1.47. The van der Waals surface area contributed by atoms with Gasteiger partial charge in [-0.2, -0.15) is 0 Å². The van der Waals surface area contributed by atoms with E-state index in [2.05, 4.69) is 4.74 Å². The molecule has 0 aliphatic heterocycles. The fraction of sp³-hybridized carbons (Fsp3) is 0.364. The maximum Gasteiger partial charge on any atom is 0.573 e. The molecule has 0 unspecified atom stereocenters. The SMILES string of the molecule is Cc1cccc(CC(=O)CCl)c1OC(F)(F)F. The number of hydrogen-bond acceptors (Lipinski definition) is 2. The van der Waals surface area contributed by atoms with Gasteiger partial charge < -0.3 is 4.74 Å². The van der Waals surface area contributed by atoms with Gasteiger partial charge in [0.15, 0.2) is 5.78 Å². The molecule has 0 aliphatic carbocycles. The summed E-state index contributed by atoms with van der Waals surface area (Å²) in [5.74, 6) is -0.915. The highest BCUT2D eigenvalue weighted by Crippen LogP contribution is 2.30. The van der Waals surface area contributed by atoms with Crippen molar-refractivity contribution >= 4 is 17.4 Å². The molecule has 0 spiro atoms. The standard InChI is InChI=1S/C11H10ClF3O2/c1-7-3-2-4-8(5-9(16)6-12)10(7)17-11(13,14)15/h2-4H,5-6H2,1H3. The molecule has 1 aromatic carbocycles. The highest BCUT2D eigenvalue weighted by atomic mass is 35.5. The van der Waals surface area contributed by atoms with E-state index < -0.39 is 6.36 Å². The molecule has 0 fully saturated rings. The molecule has 0 aromatic heterocycles. The Balaban J connectivity index is 3.04. The number of ether oxygens (including phenoxy) is 1. The molecule has 1 aromatic rings. The number of ketones is 1. The van der Waals surface area contributed by atoms with Crippen molar-refractivity contribution in [2.75, 3.05) is 5.88 Å². The van der Waals surface area contributed by atoms with Gasteiger partial charge in [-0.25, -0.2) is 0 Å². The first kappa shape index (κ1) is 13.8. The molecule has 0 bridgehead atoms. The lowest BCUT2D eigenvalue weighted by Crippen LogP contribution is -2.19. The zero-order valence-corrected chi connectivity index (χ0v) is 9.73. The third kappa shape index (κ3) is 4.26. The van der Waals surface area contributed by atoms with Crippen LogP contribution in [-0.4, -0.2) is 18.0 Å². The molecule has 0 radical (unpaired) electrons. The van der Waals surface area contributed by atoms with Crippen molar-refractivity contribution in [3.05, 3.63) is 29.3 Å². The summed E-state index contributed by atoms with van der Waals surface area (Å²) >= 11 is 5.31. The van der Waals surface area contributed by atoms with E-state index in [9.17, 15) is 18.0 Å². The van der Waals surface area contributed by atoms with Gasteiger partial charge in [-0.15, -0.1) is 24.8 Å². The summed E-state index contributed by atoms with van der Waals surface area (Å²) in [6.07, 6.45) is -4.94.